The first-order chi connectivity index (χ1) is 5.80. The van der Waals surface area contributed by atoms with Crippen LogP contribution in [0.1, 0.15) is 41.5 Å². The Morgan fingerprint density at radius 2 is 1.15 bits per heavy atom. The highest BCUT2D eigenvalue weighted by molar-refractivity contribution is 4.96. The maximum Gasteiger partial charge on any atom is 0.00976 e. The zero-order valence-corrected chi connectivity index (χ0v) is 10.3. The van der Waals surface area contributed by atoms with Crippen LogP contribution in [0.25, 0.3) is 0 Å². The lowest BCUT2D eigenvalue weighted by Crippen LogP contribution is -2.57. The van der Waals surface area contributed by atoms with Gasteiger partial charge in [-0.2, -0.15) is 0 Å². The summed E-state index contributed by atoms with van der Waals surface area (Å²) in [7, 11) is 2.26. The van der Waals surface area contributed by atoms with Gasteiger partial charge in [-0.25, -0.2) is 0 Å². The number of nitrogens with zero attached hydrogens (tertiary/aromatic N) is 1. The Balaban J connectivity index is 2.93. The first-order valence-corrected chi connectivity index (χ1v) is 5.52. The van der Waals surface area contributed by atoms with Crippen LogP contribution in [0.4, 0.5) is 0 Å². The van der Waals surface area contributed by atoms with E-state index in [1.165, 1.54) is 0 Å². The monoisotopic (exact) mass is 183 g/mol. The second kappa shape index (κ2) is 3.27. The van der Waals surface area contributed by atoms with Crippen molar-refractivity contribution in [3.05, 3.63) is 0 Å². The Morgan fingerprint density at radius 3 is 1.46 bits per heavy atom. The summed E-state index contributed by atoms with van der Waals surface area (Å²) in [5, 5.41) is 0. The van der Waals surface area contributed by atoms with Gasteiger partial charge in [-0.05, 0) is 38.1 Å². The summed E-state index contributed by atoms with van der Waals surface area (Å²) in [5.74, 6) is 1.56. The molecule has 0 radical (unpaired) electrons. The van der Waals surface area contributed by atoms with Crippen molar-refractivity contribution in [2.24, 2.45) is 17.3 Å². The summed E-state index contributed by atoms with van der Waals surface area (Å²) < 4.78 is 0. The van der Waals surface area contributed by atoms with E-state index in [0.29, 0.717) is 17.5 Å². The first kappa shape index (κ1) is 11.0. The van der Waals surface area contributed by atoms with Crippen LogP contribution >= 0.6 is 0 Å². The number of rotatable bonds is 0. The van der Waals surface area contributed by atoms with Crippen LogP contribution in [0.2, 0.25) is 0 Å². The van der Waals surface area contributed by atoms with Crippen LogP contribution in [-0.2, 0) is 0 Å². The van der Waals surface area contributed by atoms with Gasteiger partial charge in [-0.15, -0.1) is 0 Å². The molecule has 1 saturated heterocycles. The summed E-state index contributed by atoms with van der Waals surface area (Å²) in [6.07, 6.45) is 0. The van der Waals surface area contributed by atoms with Gasteiger partial charge in [0.25, 0.3) is 0 Å². The van der Waals surface area contributed by atoms with Gasteiger partial charge in [0.2, 0.25) is 0 Å². The van der Waals surface area contributed by atoms with Gasteiger partial charge in [-0.1, -0.05) is 27.7 Å². The van der Waals surface area contributed by atoms with Crippen LogP contribution < -0.4 is 0 Å². The SMILES string of the molecule is CC1C(C)C(C)(C)C(C)C(C)N1C. The standard InChI is InChI=1S/C12H25N/c1-8-10(3)13(7)11(4)9(2)12(8,5)6/h8-11H,1-7H3. The van der Waals surface area contributed by atoms with E-state index in [9.17, 15) is 0 Å². The van der Waals surface area contributed by atoms with Gasteiger partial charge in [-0.3, -0.25) is 0 Å². The maximum atomic E-state index is 2.53. The highest BCUT2D eigenvalue weighted by Crippen LogP contribution is 2.45. The smallest absolute Gasteiger partial charge is 0.00976 e. The molecule has 1 rings (SSSR count). The average molecular weight is 183 g/mol. The fourth-order valence-electron chi connectivity index (χ4n) is 2.73. The Labute approximate surface area is 83.5 Å². The van der Waals surface area contributed by atoms with Crippen LogP contribution in [0.5, 0.6) is 0 Å². The van der Waals surface area contributed by atoms with Gasteiger partial charge in [0, 0.05) is 12.1 Å². The van der Waals surface area contributed by atoms with Gasteiger partial charge in [0.05, 0.1) is 0 Å². The lowest BCUT2D eigenvalue weighted by atomic mass is 9.62. The molecular formula is C12H25N. The van der Waals surface area contributed by atoms with E-state index in [2.05, 4.69) is 53.5 Å². The third kappa shape index (κ3) is 1.52. The number of likely N-dealkylation sites (tertiary alicyclic amines) is 1. The third-order valence-corrected chi connectivity index (χ3v) is 5.08. The summed E-state index contributed by atoms with van der Waals surface area (Å²) in [6.45, 7) is 14.3. The topological polar surface area (TPSA) is 3.24 Å². The first-order valence-electron chi connectivity index (χ1n) is 5.52. The molecular weight excluding hydrogens is 158 g/mol. The van der Waals surface area contributed by atoms with E-state index >= 15 is 0 Å². The molecule has 0 bridgehead atoms. The van der Waals surface area contributed by atoms with Crippen LogP contribution in [0, 0.1) is 17.3 Å². The minimum Gasteiger partial charge on any atom is -0.300 e. The predicted octanol–water partition coefficient (Wildman–Crippen LogP) is 3.01. The normalized spacial score (nSPS) is 46.4. The molecule has 1 heteroatoms. The summed E-state index contributed by atoms with van der Waals surface area (Å²) >= 11 is 0. The van der Waals surface area contributed by atoms with E-state index in [1.807, 2.05) is 0 Å². The molecule has 13 heavy (non-hydrogen) atoms. The van der Waals surface area contributed by atoms with E-state index in [4.69, 9.17) is 0 Å². The molecule has 1 heterocycles. The molecule has 0 saturated carbocycles. The van der Waals surface area contributed by atoms with Crippen molar-refractivity contribution in [1.82, 2.24) is 4.90 Å². The van der Waals surface area contributed by atoms with Crippen molar-refractivity contribution in [3.63, 3.8) is 0 Å². The minimum atomic E-state index is 0.478. The summed E-state index contributed by atoms with van der Waals surface area (Å²) in [4.78, 5) is 2.53. The molecule has 0 spiro atoms. The van der Waals surface area contributed by atoms with Gasteiger partial charge < -0.3 is 4.90 Å². The molecule has 4 atom stereocenters. The van der Waals surface area contributed by atoms with Crippen molar-refractivity contribution >= 4 is 0 Å². The van der Waals surface area contributed by atoms with E-state index in [1.54, 1.807) is 0 Å². The molecule has 0 aromatic carbocycles. The molecule has 1 aliphatic rings. The Hall–Kier alpha value is -0.0400. The molecule has 0 aromatic heterocycles. The Kier molecular flexibility index (Phi) is 2.78. The molecule has 0 aromatic rings. The van der Waals surface area contributed by atoms with Crippen molar-refractivity contribution < 1.29 is 0 Å². The number of piperidine rings is 1. The number of hydrogen-bond donors (Lipinski definition) is 0. The second-order valence-electron chi connectivity index (χ2n) is 5.55. The highest BCUT2D eigenvalue weighted by atomic mass is 15.2. The Bertz CT molecular complexity index is 168. The molecule has 0 N–H and O–H groups in total. The van der Waals surface area contributed by atoms with Gasteiger partial charge in [0.15, 0.2) is 0 Å². The average Bonchev–Trinajstić information content (AvgIpc) is 2.09. The maximum absolute atomic E-state index is 2.53. The molecule has 78 valence electrons. The third-order valence-electron chi connectivity index (χ3n) is 5.08. The highest BCUT2D eigenvalue weighted by Gasteiger charge is 2.44. The van der Waals surface area contributed by atoms with Crippen LogP contribution in [0.3, 0.4) is 0 Å². The molecule has 4 unspecified atom stereocenters. The molecule has 1 fully saturated rings. The predicted molar refractivity (Wildman–Crippen MR) is 58.8 cm³/mol. The van der Waals surface area contributed by atoms with E-state index in [-0.39, 0.29) is 0 Å². The zero-order valence-electron chi connectivity index (χ0n) is 10.3. The molecule has 0 aliphatic carbocycles. The zero-order chi connectivity index (χ0) is 10.4. The summed E-state index contributed by atoms with van der Waals surface area (Å²) in [6, 6.07) is 1.42. The Morgan fingerprint density at radius 1 is 0.846 bits per heavy atom. The van der Waals surface area contributed by atoms with Crippen LogP contribution in [0.15, 0.2) is 0 Å². The fraction of sp³-hybridized carbons (Fsp3) is 1.00. The number of hydrogen-bond acceptors (Lipinski definition) is 1. The van der Waals surface area contributed by atoms with Crippen LogP contribution in [-0.4, -0.2) is 24.0 Å². The van der Waals surface area contributed by atoms with Crippen molar-refractivity contribution in [2.75, 3.05) is 7.05 Å². The fourth-order valence-corrected chi connectivity index (χ4v) is 2.73. The van der Waals surface area contributed by atoms with E-state index in [0.717, 1.165) is 11.8 Å². The van der Waals surface area contributed by atoms with Crippen molar-refractivity contribution in [1.29, 1.82) is 0 Å². The lowest BCUT2D eigenvalue weighted by molar-refractivity contribution is -0.0506. The van der Waals surface area contributed by atoms with Gasteiger partial charge >= 0.3 is 0 Å². The summed E-state index contributed by atoms with van der Waals surface area (Å²) in [5.41, 5.74) is 0.478. The van der Waals surface area contributed by atoms with Gasteiger partial charge in [0.1, 0.15) is 0 Å². The largest absolute Gasteiger partial charge is 0.300 e. The van der Waals surface area contributed by atoms with E-state index < -0.39 is 0 Å². The minimum absolute atomic E-state index is 0.478. The lowest BCUT2D eigenvalue weighted by Gasteiger charge is -2.54. The molecule has 1 nitrogen and oxygen atoms in total. The quantitative estimate of drug-likeness (QED) is 0.558. The van der Waals surface area contributed by atoms with Crippen molar-refractivity contribution in [2.45, 2.75) is 53.6 Å². The molecule has 0 amide bonds. The van der Waals surface area contributed by atoms with Crippen molar-refractivity contribution in [3.8, 4) is 0 Å². The second-order valence-corrected chi connectivity index (χ2v) is 5.55. The molecule has 1 aliphatic heterocycles.